The van der Waals surface area contributed by atoms with Crippen LogP contribution in [0.15, 0.2) is 29.2 Å². The summed E-state index contributed by atoms with van der Waals surface area (Å²) >= 11 is 1.61. The Morgan fingerprint density at radius 3 is 2.61 bits per heavy atom. The Balaban J connectivity index is 2.79. The van der Waals surface area contributed by atoms with Gasteiger partial charge in [0.1, 0.15) is 0 Å². The number of thioether (sulfide) groups is 1. The van der Waals surface area contributed by atoms with Crippen LogP contribution in [0.4, 0.5) is 0 Å². The van der Waals surface area contributed by atoms with Crippen molar-refractivity contribution in [1.29, 1.82) is 0 Å². The maximum atomic E-state index is 11.6. The minimum absolute atomic E-state index is 0.146. The van der Waals surface area contributed by atoms with E-state index in [9.17, 15) is 4.79 Å². The summed E-state index contributed by atoms with van der Waals surface area (Å²) in [6, 6.07) is 8.64. The average Bonchev–Trinajstić information content (AvgIpc) is 2.38. The predicted molar refractivity (Wildman–Crippen MR) is 78.0 cm³/mol. The third-order valence-corrected chi connectivity index (χ3v) is 3.98. The van der Waals surface area contributed by atoms with Gasteiger partial charge in [-0.05, 0) is 25.1 Å². The summed E-state index contributed by atoms with van der Waals surface area (Å²) in [7, 11) is 5.55. The van der Waals surface area contributed by atoms with Crippen LogP contribution < -0.4 is 5.32 Å². The maximum absolute atomic E-state index is 11.6. The van der Waals surface area contributed by atoms with E-state index >= 15 is 0 Å². The number of carbonyl (C=O) groups excluding carboxylic acids is 1. The number of hydrogen-bond acceptors (Lipinski definition) is 3. The first kappa shape index (κ1) is 15.1. The number of benzene rings is 1. The van der Waals surface area contributed by atoms with Crippen LogP contribution in [-0.2, 0) is 4.79 Å². The lowest BCUT2D eigenvalue weighted by Gasteiger charge is -2.18. The third-order valence-electron chi connectivity index (χ3n) is 2.90. The van der Waals surface area contributed by atoms with E-state index in [1.54, 1.807) is 30.8 Å². The monoisotopic (exact) mass is 266 g/mol. The smallest absolute Gasteiger partial charge is 0.232 e. The van der Waals surface area contributed by atoms with E-state index in [-0.39, 0.29) is 5.91 Å². The van der Waals surface area contributed by atoms with E-state index in [1.807, 2.05) is 19.2 Å². The topological polar surface area (TPSA) is 32.3 Å². The predicted octanol–water partition coefficient (Wildman–Crippen LogP) is 2.54. The molecule has 1 rings (SSSR count). The number of carbonyl (C=O) groups is 1. The molecule has 100 valence electrons. The number of amides is 1. The van der Waals surface area contributed by atoms with E-state index in [0.29, 0.717) is 11.8 Å². The molecule has 1 aromatic carbocycles. The van der Waals surface area contributed by atoms with Gasteiger partial charge in [-0.15, -0.1) is 11.8 Å². The molecular weight excluding hydrogens is 244 g/mol. The second-order valence-corrected chi connectivity index (χ2v) is 5.38. The van der Waals surface area contributed by atoms with Crippen LogP contribution in [0.2, 0.25) is 0 Å². The maximum Gasteiger partial charge on any atom is 0.232 e. The molecule has 0 spiro atoms. The summed E-state index contributed by atoms with van der Waals surface area (Å²) < 4.78 is 0. The molecule has 1 N–H and O–H groups in total. The van der Waals surface area contributed by atoms with Crippen molar-refractivity contribution in [2.75, 3.05) is 26.9 Å². The summed E-state index contributed by atoms with van der Waals surface area (Å²) in [5, 5.41) is 3.31. The summed E-state index contributed by atoms with van der Waals surface area (Å²) in [5.74, 6) is 0.636. The minimum atomic E-state index is 0.146. The Morgan fingerprint density at radius 1 is 1.39 bits per heavy atom. The Hall–Kier alpha value is -1.00. The number of nitrogens with zero attached hydrogens (tertiary/aromatic N) is 1. The van der Waals surface area contributed by atoms with Crippen molar-refractivity contribution in [3.8, 4) is 0 Å². The molecule has 0 aliphatic heterocycles. The largest absolute Gasteiger partial charge is 0.348 e. The lowest BCUT2D eigenvalue weighted by Crippen LogP contribution is -2.23. The Labute approximate surface area is 114 Å². The van der Waals surface area contributed by atoms with E-state index in [0.717, 1.165) is 6.42 Å². The van der Waals surface area contributed by atoms with Crippen LogP contribution in [0.25, 0.3) is 0 Å². The second kappa shape index (κ2) is 7.44. The van der Waals surface area contributed by atoms with Crippen molar-refractivity contribution < 1.29 is 4.79 Å². The normalized spacial score (nSPS) is 12.2. The Bertz CT molecular complexity index is 389. The van der Waals surface area contributed by atoms with E-state index < -0.39 is 0 Å². The lowest BCUT2D eigenvalue weighted by molar-refractivity contribution is -0.125. The molecule has 1 atom stereocenters. The molecule has 0 heterocycles. The summed E-state index contributed by atoms with van der Waals surface area (Å²) in [5.41, 5.74) is 1.28. The first-order valence-electron chi connectivity index (χ1n) is 6.19. The molecular formula is C14H22N2OS. The summed E-state index contributed by atoms with van der Waals surface area (Å²) in [6.45, 7) is 2.16. The highest BCUT2D eigenvalue weighted by atomic mass is 32.2. The van der Waals surface area contributed by atoms with Gasteiger partial charge in [-0.1, -0.05) is 25.1 Å². The Kier molecular flexibility index (Phi) is 6.22. The van der Waals surface area contributed by atoms with Crippen molar-refractivity contribution in [2.45, 2.75) is 24.3 Å². The standard InChI is InChI=1S/C14H22N2OS/c1-5-12(15-2)11-8-6-7-9-13(11)18-10-14(17)16(3)4/h6-9,12,15H,5,10H2,1-4H3. The molecule has 0 radical (unpaired) electrons. The van der Waals surface area contributed by atoms with Gasteiger partial charge in [-0.2, -0.15) is 0 Å². The molecule has 18 heavy (non-hydrogen) atoms. The van der Waals surface area contributed by atoms with Crippen LogP contribution in [-0.4, -0.2) is 37.7 Å². The molecule has 0 saturated carbocycles. The first-order valence-corrected chi connectivity index (χ1v) is 7.17. The summed E-state index contributed by atoms with van der Waals surface area (Å²) in [6.07, 6.45) is 1.04. The molecule has 4 heteroatoms. The van der Waals surface area contributed by atoms with Crippen molar-refractivity contribution in [3.63, 3.8) is 0 Å². The van der Waals surface area contributed by atoms with Crippen LogP contribution in [0.3, 0.4) is 0 Å². The second-order valence-electron chi connectivity index (χ2n) is 4.36. The van der Waals surface area contributed by atoms with Crippen molar-refractivity contribution in [1.82, 2.24) is 10.2 Å². The molecule has 0 bridgehead atoms. The molecule has 0 aliphatic carbocycles. The lowest BCUT2D eigenvalue weighted by atomic mass is 10.1. The average molecular weight is 266 g/mol. The molecule has 1 aromatic rings. The highest BCUT2D eigenvalue weighted by Gasteiger charge is 2.13. The zero-order chi connectivity index (χ0) is 13.5. The molecule has 1 amide bonds. The van der Waals surface area contributed by atoms with E-state index in [1.165, 1.54) is 10.5 Å². The van der Waals surface area contributed by atoms with Gasteiger partial charge in [0, 0.05) is 25.0 Å². The van der Waals surface area contributed by atoms with Crippen LogP contribution in [0, 0.1) is 0 Å². The fourth-order valence-corrected chi connectivity index (χ4v) is 2.84. The molecule has 1 unspecified atom stereocenters. The van der Waals surface area contributed by atoms with Crippen molar-refractivity contribution >= 4 is 17.7 Å². The quantitative estimate of drug-likeness (QED) is 0.803. The van der Waals surface area contributed by atoms with Gasteiger partial charge >= 0.3 is 0 Å². The fraction of sp³-hybridized carbons (Fsp3) is 0.500. The van der Waals surface area contributed by atoms with E-state index in [2.05, 4.69) is 24.4 Å². The minimum Gasteiger partial charge on any atom is -0.348 e. The molecule has 0 aliphatic rings. The van der Waals surface area contributed by atoms with Crippen LogP contribution in [0.5, 0.6) is 0 Å². The van der Waals surface area contributed by atoms with Gasteiger partial charge in [0.05, 0.1) is 5.75 Å². The number of rotatable bonds is 6. The van der Waals surface area contributed by atoms with Gasteiger partial charge in [0.25, 0.3) is 0 Å². The molecule has 0 aromatic heterocycles. The fourth-order valence-electron chi connectivity index (χ4n) is 1.75. The zero-order valence-corrected chi connectivity index (χ0v) is 12.4. The van der Waals surface area contributed by atoms with Gasteiger partial charge < -0.3 is 10.2 Å². The number of hydrogen-bond donors (Lipinski definition) is 1. The summed E-state index contributed by atoms with van der Waals surface area (Å²) in [4.78, 5) is 14.4. The number of nitrogens with one attached hydrogen (secondary N) is 1. The van der Waals surface area contributed by atoms with Gasteiger partial charge in [0.15, 0.2) is 0 Å². The van der Waals surface area contributed by atoms with Crippen LogP contribution in [0.1, 0.15) is 24.9 Å². The molecule has 3 nitrogen and oxygen atoms in total. The first-order chi connectivity index (χ1) is 8.60. The zero-order valence-electron chi connectivity index (χ0n) is 11.6. The molecule has 0 saturated heterocycles. The SMILES string of the molecule is CCC(NC)c1ccccc1SCC(=O)N(C)C. The molecule has 0 fully saturated rings. The van der Waals surface area contributed by atoms with E-state index in [4.69, 9.17) is 0 Å². The van der Waals surface area contributed by atoms with Gasteiger partial charge in [-0.25, -0.2) is 0 Å². The highest BCUT2D eigenvalue weighted by Crippen LogP contribution is 2.28. The third kappa shape index (κ3) is 4.03. The van der Waals surface area contributed by atoms with Gasteiger partial charge in [-0.3, -0.25) is 4.79 Å². The van der Waals surface area contributed by atoms with Gasteiger partial charge in [0.2, 0.25) is 5.91 Å². The van der Waals surface area contributed by atoms with Crippen molar-refractivity contribution in [3.05, 3.63) is 29.8 Å². The Morgan fingerprint density at radius 2 is 2.06 bits per heavy atom. The van der Waals surface area contributed by atoms with Crippen molar-refractivity contribution in [2.24, 2.45) is 0 Å². The highest BCUT2D eigenvalue weighted by molar-refractivity contribution is 8.00. The van der Waals surface area contributed by atoms with Crippen LogP contribution >= 0.6 is 11.8 Å².